The van der Waals surface area contributed by atoms with Crippen molar-refractivity contribution in [3.8, 4) is 0 Å². The first-order valence-corrected chi connectivity index (χ1v) is 2.41. The van der Waals surface area contributed by atoms with Crippen molar-refractivity contribution in [2.45, 2.75) is 6.92 Å². The zero-order chi connectivity index (χ0) is 5.11. The summed E-state index contributed by atoms with van der Waals surface area (Å²) in [7, 11) is 0. The molecule has 1 aromatic carbocycles. The van der Waals surface area contributed by atoms with Crippen LogP contribution in [0.5, 0.6) is 0 Å². The predicted octanol–water partition coefficient (Wildman–Crippen LogP) is 0.811. The van der Waals surface area contributed by atoms with Crippen LogP contribution in [-0.4, -0.2) is 25.8 Å². The number of benzene rings is 1. The van der Waals surface area contributed by atoms with Crippen LogP contribution >= 0.6 is 0 Å². The molecule has 0 nitrogen and oxygen atoms in total. The molecule has 0 radical (unpaired) electrons. The van der Waals surface area contributed by atoms with E-state index in [4.69, 9.17) is 0 Å². The average molecular weight is 210 g/mol. The molecule has 42 valence electrons. The maximum absolute atomic E-state index is 2.08. The SMILES string of the molecule is Cc1ccccc1.[InH3]. The van der Waals surface area contributed by atoms with E-state index in [1.54, 1.807) is 0 Å². The predicted molar refractivity (Wildman–Crippen MR) is 41.1 cm³/mol. The van der Waals surface area contributed by atoms with E-state index in [-0.39, 0.29) is 25.8 Å². The van der Waals surface area contributed by atoms with Crippen LogP contribution in [0.4, 0.5) is 0 Å². The summed E-state index contributed by atoms with van der Waals surface area (Å²) in [5.74, 6) is 0. The molecular weight excluding hydrogens is 199 g/mol. The molecule has 0 bridgehead atoms. The summed E-state index contributed by atoms with van der Waals surface area (Å²) in [5, 5.41) is 0. The van der Waals surface area contributed by atoms with Gasteiger partial charge in [0.1, 0.15) is 0 Å². The van der Waals surface area contributed by atoms with Crippen LogP contribution in [-0.2, 0) is 0 Å². The van der Waals surface area contributed by atoms with Gasteiger partial charge in [-0.05, 0) is 6.92 Å². The maximum atomic E-state index is 2.08. The second kappa shape index (κ2) is 4.02. The van der Waals surface area contributed by atoms with Crippen LogP contribution in [0, 0.1) is 6.92 Å². The van der Waals surface area contributed by atoms with Crippen molar-refractivity contribution in [2.75, 3.05) is 0 Å². The zero-order valence-corrected chi connectivity index (χ0v) is 4.39. The fraction of sp³-hybridized carbons (Fsp3) is 0.143. The number of hydrogen-bond acceptors (Lipinski definition) is 0. The van der Waals surface area contributed by atoms with E-state index in [2.05, 4.69) is 19.1 Å². The van der Waals surface area contributed by atoms with Gasteiger partial charge >= 0.3 is 25.8 Å². The van der Waals surface area contributed by atoms with Crippen molar-refractivity contribution < 1.29 is 0 Å². The van der Waals surface area contributed by atoms with Gasteiger partial charge in [-0.3, -0.25) is 0 Å². The van der Waals surface area contributed by atoms with Crippen LogP contribution in [0.1, 0.15) is 5.56 Å². The Balaban J connectivity index is 0.000000490. The van der Waals surface area contributed by atoms with E-state index in [0.29, 0.717) is 0 Å². The second-order valence-corrected chi connectivity index (χ2v) is 1.65. The minimum absolute atomic E-state index is 0. The molecule has 0 aliphatic carbocycles. The minimum atomic E-state index is 0. The summed E-state index contributed by atoms with van der Waals surface area (Å²) < 4.78 is 0. The van der Waals surface area contributed by atoms with Crippen LogP contribution in [0.25, 0.3) is 0 Å². The second-order valence-electron chi connectivity index (χ2n) is 1.65. The van der Waals surface area contributed by atoms with Gasteiger partial charge < -0.3 is 0 Å². The molecule has 0 aromatic heterocycles. The molecular formula is C7H11In. The van der Waals surface area contributed by atoms with Gasteiger partial charge in [0.15, 0.2) is 0 Å². The summed E-state index contributed by atoms with van der Waals surface area (Å²) in [6.07, 6.45) is 0. The Labute approximate surface area is 68.7 Å². The summed E-state index contributed by atoms with van der Waals surface area (Å²) in [5.41, 5.74) is 1.32. The third kappa shape index (κ3) is 2.41. The molecule has 0 saturated heterocycles. The van der Waals surface area contributed by atoms with Crippen LogP contribution in [0.3, 0.4) is 0 Å². The molecule has 0 spiro atoms. The monoisotopic (exact) mass is 210 g/mol. The van der Waals surface area contributed by atoms with Crippen LogP contribution in [0.15, 0.2) is 30.3 Å². The molecule has 0 heterocycles. The Bertz CT molecular complexity index is 134. The zero-order valence-electron chi connectivity index (χ0n) is 4.39. The first-order chi connectivity index (χ1) is 3.39. The molecule has 0 aliphatic heterocycles. The molecule has 0 amide bonds. The van der Waals surface area contributed by atoms with Gasteiger partial charge in [-0.25, -0.2) is 0 Å². The van der Waals surface area contributed by atoms with Gasteiger partial charge in [-0.1, -0.05) is 35.9 Å². The molecule has 1 heteroatoms. The van der Waals surface area contributed by atoms with Gasteiger partial charge in [0.25, 0.3) is 0 Å². The summed E-state index contributed by atoms with van der Waals surface area (Å²) in [6.45, 7) is 2.08. The molecule has 0 aliphatic rings. The van der Waals surface area contributed by atoms with Gasteiger partial charge in [-0.2, -0.15) is 0 Å². The van der Waals surface area contributed by atoms with Crippen LogP contribution in [0.2, 0.25) is 0 Å². The van der Waals surface area contributed by atoms with E-state index in [1.165, 1.54) is 5.56 Å². The van der Waals surface area contributed by atoms with E-state index < -0.39 is 0 Å². The Hall–Kier alpha value is 0.0901. The standard InChI is InChI=1S/C7H8.In.3H/c1-7-5-3-2-4-6-7;;;;/h2-6H,1H3;;;;. The van der Waals surface area contributed by atoms with Gasteiger partial charge in [-0.15, -0.1) is 0 Å². The summed E-state index contributed by atoms with van der Waals surface area (Å²) >= 11 is 0. The quantitative estimate of drug-likeness (QED) is 0.594. The Kier molecular flexibility index (Phi) is 4.06. The first-order valence-electron chi connectivity index (χ1n) is 2.41. The topological polar surface area (TPSA) is 0 Å². The fourth-order valence-corrected chi connectivity index (χ4v) is 0.534. The van der Waals surface area contributed by atoms with Crippen molar-refractivity contribution >= 4 is 25.8 Å². The number of hydrogen-bond donors (Lipinski definition) is 0. The van der Waals surface area contributed by atoms with Crippen molar-refractivity contribution in [3.63, 3.8) is 0 Å². The van der Waals surface area contributed by atoms with Crippen molar-refractivity contribution in [2.24, 2.45) is 0 Å². The Morgan fingerprint density at radius 1 is 1.00 bits per heavy atom. The van der Waals surface area contributed by atoms with Gasteiger partial charge in [0, 0.05) is 0 Å². The van der Waals surface area contributed by atoms with Gasteiger partial charge in [0.05, 0.1) is 0 Å². The van der Waals surface area contributed by atoms with Crippen molar-refractivity contribution in [3.05, 3.63) is 35.9 Å². The van der Waals surface area contributed by atoms with E-state index in [1.807, 2.05) is 18.2 Å². The molecule has 8 heavy (non-hydrogen) atoms. The molecule has 0 saturated carbocycles. The number of aryl methyl sites for hydroxylation is 1. The van der Waals surface area contributed by atoms with Gasteiger partial charge in [0.2, 0.25) is 0 Å². The van der Waals surface area contributed by atoms with E-state index >= 15 is 0 Å². The van der Waals surface area contributed by atoms with Crippen LogP contribution < -0.4 is 0 Å². The average Bonchev–Trinajstić information content (AvgIpc) is 1.69. The fourth-order valence-electron chi connectivity index (χ4n) is 0.534. The third-order valence-corrected chi connectivity index (χ3v) is 0.940. The molecule has 0 atom stereocenters. The summed E-state index contributed by atoms with van der Waals surface area (Å²) in [6, 6.07) is 10.3. The molecule has 0 fully saturated rings. The summed E-state index contributed by atoms with van der Waals surface area (Å²) in [4.78, 5) is 0. The van der Waals surface area contributed by atoms with E-state index in [9.17, 15) is 0 Å². The molecule has 0 unspecified atom stereocenters. The molecule has 1 aromatic rings. The molecule has 0 N–H and O–H groups in total. The first kappa shape index (κ1) is 8.09. The number of rotatable bonds is 0. The Morgan fingerprint density at radius 2 is 1.50 bits per heavy atom. The molecule has 1 rings (SSSR count). The van der Waals surface area contributed by atoms with Crippen molar-refractivity contribution in [1.29, 1.82) is 0 Å². The Morgan fingerprint density at radius 3 is 1.75 bits per heavy atom. The van der Waals surface area contributed by atoms with Crippen molar-refractivity contribution in [1.82, 2.24) is 0 Å². The normalized spacial score (nSPS) is 7.62. The van der Waals surface area contributed by atoms with E-state index in [0.717, 1.165) is 0 Å². The third-order valence-electron chi connectivity index (χ3n) is 0.940.